The van der Waals surface area contributed by atoms with Gasteiger partial charge in [-0.05, 0) is 61.7 Å². The van der Waals surface area contributed by atoms with Crippen molar-refractivity contribution in [2.24, 2.45) is 11.0 Å². The van der Waals surface area contributed by atoms with Gasteiger partial charge >= 0.3 is 0 Å². The maximum absolute atomic E-state index is 10.6. The first-order chi connectivity index (χ1) is 13.4. The fraction of sp³-hybridized carbons (Fsp3) is 0.550. The van der Waals surface area contributed by atoms with Crippen LogP contribution in [0.1, 0.15) is 50.7 Å². The molecule has 2 atom stereocenters. The quantitative estimate of drug-likeness (QED) is 0.378. The summed E-state index contributed by atoms with van der Waals surface area (Å²) in [5.74, 6) is 0.725. The summed E-state index contributed by atoms with van der Waals surface area (Å²) in [6.45, 7) is 4.16. The standard InChI is InChI=1S/C20H29N3O3S2/c1-13-6-4-5-7-17(13)21-20(27)23-22-14(2)15-8-9-18(26-3)16(10-15)11-28-12-19(24)25/h8-10,13,17H,4-7,11-12H2,1-3H3,(H,24,25)(H2,21,23,27)/p-1/b22-14-/t13-,17+/m0/s1. The fourth-order valence-corrected chi connectivity index (χ4v) is 4.20. The number of rotatable bonds is 8. The Morgan fingerprint density at radius 2 is 2.14 bits per heavy atom. The van der Waals surface area contributed by atoms with Gasteiger partial charge in [0.2, 0.25) is 0 Å². The van der Waals surface area contributed by atoms with Gasteiger partial charge in [0.25, 0.3) is 0 Å². The number of ether oxygens (including phenoxy) is 1. The van der Waals surface area contributed by atoms with Gasteiger partial charge in [-0.25, -0.2) is 0 Å². The van der Waals surface area contributed by atoms with E-state index in [2.05, 4.69) is 22.8 Å². The second-order valence-corrected chi connectivity index (χ2v) is 8.44. The van der Waals surface area contributed by atoms with Crippen molar-refractivity contribution in [2.45, 2.75) is 51.3 Å². The van der Waals surface area contributed by atoms with Crippen LogP contribution in [0.5, 0.6) is 5.75 Å². The SMILES string of the molecule is COc1ccc(/C(C)=N\NC(=S)N[C@@H]2CCCC[C@@H]2C)cc1CSCC(=O)[O-]. The van der Waals surface area contributed by atoms with E-state index in [1.54, 1.807) is 7.11 Å². The molecule has 0 radical (unpaired) electrons. The second-order valence-electron chi connectivity index (χ2n) is 7.04. The van der Waals surface area contributed by atoms with Crippen LogP contribution in [0, 0.1) is 5.92 Å². The zero-order valence-corrected chi connectivity index (χ0v) is 18.3. The zero-order chi connectivity index (χ0) is 20.5. The van der Waals surface area contributed by atoms with Gasteiger partial charge in [-0.15, -0.1) is 0 Å². The minimum Gasteiger partial charge on any atom is -0.549 e. The molecule has 0 spiro atoms. The van der Waals surface area contributed by atoms with Crippen LogP contribution in [0.4, 0.5) is 0 Å². The summed E-state index contributed by atoms with van der Waals surface area (Å²) in [7, 11) is 1.60. The lowest BCUT2D eigenvalue weighted by Crippen LogP contribution is -2.44. The lowest BCUT2D eigenvalue weighted by Gasteiger charge is -2.30. The molecule has 1 fully saturated rings. The van der Waals surface area contributed by atoms with Crippen molar-refractivity contribution in [3.63, 3.8) is 0 Å². The number of carboxylic acid groups (broad SMARTS) is 1. The molecule has 0 aliphatic heterocycles. The molecule has 2 rings (SSSR count). The number of hydrogen-bond acceptors (Lipinski definition) is 6. The second kappa shape index (κ2) is 11.3. The molecule has 28 heavy (non-hydrogen) atoms. The van der Waals surface area contributed by atoms with Crippen molar-refractivity contribution in [3.8, 4) is 5.75 Å². The lowest BCUT2D eigenvalue weighted by atomic mass is 9.86. The van der Waals surface area contributed by atoms with Gasteiger partial charge < -0.3 is 20.0 Å². The normalized spacial score (nSPS) is 19.8. The Morgan fingerprint density at radius 1 is 1.39 bits per heavy atom. The van der Waals surface area contributed by atoms with Gasteiger partial charge in [0.05, 0.1) is 18.8 Å². The van der Waals surface area contributed by atoms with E-state index >= 15 is 0 Å². The molecule has 1 aliphatic carbocycles. The smallest absolute Gasteiger partial charge is 0.187 e. The molecular formula is C20H28N3O3S2-. The van der Waals surface area contributed by atoms with Gasteiger partial charge in [0.15, 0.2) is 5.11 Å². The maximum Gasteiger partial charge on any atom is 0.187 e. The molecule has 0 heterocycles. The van der Waals surface area contributed by atoms with Crippen LogP contribution in [-0.4, -0.2) is 35.7 Å². The topological polar surface area (TPSA) is 85.8 Å². The number of nitrogens with zero attached hydrogens (tertiary/aromatic N) is 1. The highest BCUT2D eigenvalue weighted by molar-refractivity contribution is 7.99. The summed E-state index contributed by atoms with van der Waals surface area (Å²) in [4.78, 5) is 10.6. The molecule has 1 aromatic carbocycles. The molecule has 0 aromatic heterocycles. The van der Waals surface area contributed by atoms with Crippen molar-refractivity contribution in [3.05, 3.63) is 29.3 Å². The van der Waals surface area contributed by atoms with E-state index in [4.69, 9.17) is 17.0 Å². The molecule has 1 aliphatic rings. The first kappa shape index (κ1) is 22.5. The average molecular weight is 423 g/mol. The third-order valence-corrected chi connectivity index (χ3v) is 6.09. The minimum absolute atomic E-state index is 0.0540. The highest BCUT2D eigenvalue weighted by Crippen LogP contribution is 2.25. The number of methoxy groups -OCH3 is 1. The van der Waals surface area contributed by atoms with Crippen molar-refractivity contribution in [1.82, 2.24) is 10.7 Å². The van der Waals surface area contributed by atoms with Crippen LogP contribution >= 0.6 is 24.0 Å². The Morgan fingerprint density at radius 3 is 2.82 bits per heavy atom. The van der Waals surface area contributed by atoms with E-state index in [-0.39, 0.29) is 5.75 Å². The number of carbonyl (C=O) groups excluding carboxylic acids is 1. The Bertz CT molecular complexity index is 725. The van der Waals surface area contributed by atoms with Crippen molar-refractivity contribution < 1.29 is 14.6 Å². The summed E-state index contributed by atoms with van der Waals surface area (Å²) in [6, 6.07) is 6.15. The fourth-order valence-electron chi connectivity index (χ4n) is 3.29. The van der Waals surface area contributed by atoms with Gasteiger partial charge in [-0.1, -0.05) is 19.8 Å². The van der Waals surface area contributed by atoms with Crippen LogP contribution in [0.3, 0.4) is 0 Å². The Labute approximate surface area is 176 Å². The molecular weight excluding hydrogens is 394 g/mol. The average Bonchev–Trinajstić information content (AvgIpc) is 2.67. The summed E-state index contributed by atoms with van der Waals surface area (Å²) < 4.78 is 5.37. The van der Waals surface area contributed by atoms with Crippen LogP contribution in [0.25, 0.3) is 0 Å². The third-order valence-electron chi connectivity index (χ3n) is 4.93. The van der Waals surface area contributed by atoms with Gasteiger partial charge in [-0.3, -0.25) is 5.43 Å². The molecule has 2 N–H and O–H groups in total. The Hall–Kier alpha value is -1.80. The van der Waals surface area contributed by atoms with Crippen molar-refractivity contribution >= 4 is 40.8 Å². The molecule has 1 aromatic rings. The number of carboxylic acids is 1. The number of carbonyl (C=O) groups is 1. The highest BCUT2D eigenvalue weighted by Gasteiger charge is 2.21. The lowest BCUT2D eigenvalue weighted by molar-refractivity contribution is -0.301. The van der Waals surface area contributed by atoms with Crippen molar-refractivity contribution in [2.75, 3.05) is 12.9 Å². The molecule has 6 nitrogen and oxygen atoms in total. The minimum atomic E-state index is -1.07. The molecule has 154 valence electrons. The first-order valence-corrected chi connectivity index (χ1v) is 11.0. The molecule has 8 heteroatoms. The summed E-state index contributed by atoms with van der Waals surface area (Å²) in [6.07, 6.45) is 4.89. The van der Waals surface area contributed by atoms with Gasteiger partial charge in [0.1, 0.15) is 5.75 Å². The van der Waals surface area contributed by atoms with E-state index in [0.29, 0.717) is 22.8 Å². The monoisotopic (exact) mass is 422 g/mol. The number of hydrogen-bond donors (Lipinski definition) is 2. The van der Waals surface area contributed by atoms with Crippen molar-refractivity contribution in [1.29, 1.82) is 0 Å². The Kier molecular flexibility index (Phi) is 9.05. The first-order valence-electron chi connectivity index (χ1n) is 9.46. The van der Waals surface area contributed by atoms with Crippen LogP contribution < -0.4 is 20.6 Å². The molecule has 0 amide bonds. The van der Waals surface area contributed by atoms with Crippen LogP contribution in [0.15, 0.2) is 23.3 Å². The predicted octanol–water partition coefficient (Wildman–Crippen LogP) is 2.45. The van der Waals surface area contributed by atoms with Gasteiger partial charge in [0, 0.05) is 23.1 Å². The molecule has 0 bridgehead atoms. The van der Waals surface area contributed by atoms with E-state index in [0.717, 1.165) is 29.0 Å². The molecule has 0 saturated heterocycles. The molecule has 1 saturated carbocycles. The number of thioether (sulfide) groups is 1. The summed E-state index contributed by atoms with van der Waals surface area (Å²) in [5.41, 5.74) is 5.56. The number of hydrazone groups is 1. The van der Waals surface area contributed by atoms with E-state index in [9.17, 15) is 9.90 Å². The number of aliphatic carboxylic acids is 1. The summed E-state index contributed by atoms with van der Waals surface area (Å²) in [5, 5.41) is 18.9. The largest absolute Gasteiger partial charge is 0.549 e. The highest BCUT2D eigenvalue weighted by atomic mass is 32.2. The summed E-state index contributed by atoms with van der Waals surface area (Å²) >= 11 is 6.66. The van der Waals surface area contributed by atoms with E-state index in [1.165, 1.54) is 31.0 Å². The predicted molar refractivity (Wildman–Crippen MR) is 117 cm³/mol. The van der Waals surface area contributed by atoms with E-state index < -0.39 is 5.97 Å². The maximum atomic E-state index is 10.6. The van der Waals surface area contributed by atoms with E-state index in [1.807, 2.05) is 25.1 Å². The van der Waals surface area contributed by atoms with Gasteiger partial charge in [-0.2, -0.15) is 16.9 Å². The molecule has 0 unspecified atom stereocenters. The van der Waals surface area contributed by atoms with Crippen LogP contribution in [-0.2, 0) is 10.5 Å². The number of thiocarbonyl (C=S) groups is 1. The van der Waals surface area contributed by atoms with Crippen LogP contribution in [0.2, 0.25) is 0 Å². The third kappa shape index (κ3) is 6.98. The number of benzene rings is 1. The Balaban J connectivity index is 1.98. The zero-order valence-electron chi connectivity index (χ0n) is 16.6. The number of nitrogens with one attached hydrogen (secondary N) is 2.